The minimum atomic E-state index is -0.320. The van der Waals surface area contributed by atoms with Crippen LogP contribution in [0.5, 0.6) is 5.75 Å². The number of amides is 1. The van der Waals surface area contributed by atoms with Crippen molar-refractivity contribution >= 4 is 50.9 Å². The van der Waals surface area contributed by atoms with Crippen molar-refractivity contribution in [3.05, 3.63) is 72.8 Å². The quantitative estimate of drug-likeness (QED) is 0.276. The zero-order chi connectivity index (χ0) is 22.1. The molecular weight excluding hydrogens is 420 g/mol. The highest BCUT2D eigenvalue weighted by atomic mass is 32.2. The van der Waals surface area contributed by atoms with Gasteiger partial charge in [0.15, 0.2) is 5.16 Å². The summed E-state index contributed by atoms with van der Waals surface area (Å²) >= 11 is 1.46. The Kier molecular flexibility index (Phi) is 5.41. The Morgan fingerprint density at radius 2 is 1.81 bits per heavy atom. The summed E-state index contributed by atoms with van der Waals surface area (Å²) in [5.41, 5.74) is 4.30. The fraction of sp³-hybridized carbons (Fsp3) is 0.160. The van der Waals surface area contributed by atoms with Crippen molar-refractivity contribution in [2.45, 2.75) is 23.8 Å². The standard InChI is InChI=1S/C25H22N4O2S/c1-3-22(24(30)26-16-9-8-10-17(15-16)31-2)32-25-28-19-12-5-4-11-18(19)23-27-20-13-6-7-14-21(20)29(23)25/h4-15,22H,3H2,1-2H3,(H,26,30). The Morgan fingerprint density at radius 1 is 1.03 bits per heavy atom. The highest BCUT2D eigenvalue weighted by molar-refractivity contribution is 8.00. The van der Waals surface area contributed by atoms with Gasteiger partial charge in [-0.1, -0.05) is 49.0 Å². The number of fused-ring (bicyclic) bond motifs is 5. The first kappa shape index (κ1) is 20.3. The van der Waals surface area contributed by atoms with Crippen LogP contribution >= 0.6 is 11.8 Å². The van der Waals surface area contributed by atoms with Crippen molar-refractivity contribution in [1.29, 1.82) is 0 Å². The number of carbonyl (C=O) groups excluding carboxylic acids is 1. The molecule has 0 bridgehead atoms. The molecule has 0 aliphatic rings. The van der Waals surface area contributed by atoms with Gasteiger partial charge in [0.2, 0.25) is 5.91 Å². The molecule has 1 unspecified atom stereocenters. The molecule has 0 saturated heterocycles. The van der Waals surface area contributed by atoms with E-state index in [0.717, 1.165) is 32.7 Å². The number of nitrogens with one attached hydrogen (secondary N) is 1. The predicted octanol–water partition coefficient (Wildman–Crippen LogP) is 5.55. The summed E-state index contributed by atoms with van der Waals surface area (Å²) < 4.78 is 7.32. The number of benzene rings is 3. The van der Waals surface area contributed by atoms with Gasteiger partial charge in [-0.15, -0.1) is 0 Å². The van der Waals surface area contributed by atoms with Crippen LogP contribution in [0.3, 0.4) is 0 Å². The molecule has 0 spiro atoms. The van der Waals surface area contributed by atoms with Gasteiger partial charge in [-0.2, -0.15) is 0 Å². The first-order valence-electron chi connectivity index (χ1n) is 10.5. The molecule has 5 aromatic rings. The van der Waals surface area contributed by atoms with E-state index in [9.17, 15) is 4.79 Å². The second-order valence-electron chi connectivity index (χ2n) is 7.41. The molecule has 160 valence electrons. The lowest BCUT2D eigenvalue weighted by Crippen LogP contribution is -2.25. The summed E-state index contributed by atoms with van der Waals surface area (Å²) in [6.45, 7) is 2.01. The Hall–Kier alpha value is -3.58. The average molecular weight is 443 g/mol. The van der Waals surface area contributed by atoms with Crippen LogP contribution in [0.1, 0.15) is 13.3 Å². The number of rotatable bonds is 6. The van der Waals surface area contributed by atoms with Crippen LogP contribution in [0.25, 0.3) is 27.6 Å². The van der Waals surface area contributed by atoms with Gasteiger partial charge in [0.05, 0.1) is 28.9 Å². The van der Waals surface area contributed by atoms with E-state index in [-0.39, 0.29) is 11.2 Å². The van der Waals surface area contributed by atoms with Crippen LogP contribution in [0.15, 0.2) is 78.0 Å². The van der Waals surface area contributed by atoms with Crippen LogP contribution in [0, 0.1) is 0 Å². The number of hydrogen-bond donors (Lipinski definition) is 1. The van der Waals surface area contributed by atoms with E-state index < -0.39 is 0 Å². The fourth-order valence-electron chi connectivity index (χ4n) is 3.77. The number of anilines is 1. The van der Waals surface area contributed by atoms with Crippen molar-refractivity contribution in [2.75, 3.05) is 12.4 Å². The van der Waals surface area contributed by atoms with Crippen molar-refractivity contribution in [3.8, 4) is 5.75 Å². The van der Waals surface area contributed by atoms with Gasteiger partial charge in [0, 0.05) is 17.1 Å². The third-order valence-electron chi connectivity index (χ3n) is 5.36. The molecule has 6 nitrogen and oxygen atoms in total. The summed E-state index contributed by atoms with van der Waals surface area (Å²) in [7, 11) is 1.61. The van der Waals surface area contributed by atoms with Crippen molar-refractivity contribution in [2.24, 2.45) is 0 Å². The molecular formula is C25H22N4O2S. The molecule has 3 aromatic carbocycles. The van der Waals surface area contributed by atoms with Crippen LogP contribution in [0.2, 0.25) is 0 Å². The Labute approximate surface area is 189 Å². The van der Waals surface area contributed by atoms with E-state index in [1.54, 1.807) is 7.11 Å². The van der Waals surface area contributed by atoms with Crippen molar-refractivity contribution in [1.82, 2.24) is 14.4 Å². The molecule has 32 heavy (non-hydrogen) atoms. The number of carbonyl (C=O) groups is 1. The van der Waals surface area contributed by atoms with Crippen LogP contribution in [0.4, 0.5) is 5.69 Å². The monoisotopic (exact) mass is 442 g/mol. The molecule has 0 radical (unpaired) electrons. The molecule has 7 heteroatoms. The molecule has 0 fully saturated rings. The Morgan fingerprint density at radius 3 is 2.62 bits per heavy atom. The molecule has 1 atom stereocenters. The van der Waals surface area contributed by atoms with Gasteiger partial charge in [-0.3, -0.25) is 9.20 Å². The molecule has 0 aliphatic carbocycles. The highest BCUT2D eigenvalue weighted by Crippen LogP contribution is 2.32. The normalized spacial score (nSPS) is 12.3. The third-order valence-corrected chi connectivity index (χ3v) is 6.68. The first-order chi connectivity index (χ1) is 15.7. The fourth-order valence-corrected chi connectivity index (χ4v) is 4.79. The molecule has 1 N–H and O–H groups in total. The lowest BCUT2D eigenvalue weighted by Gasteiger charge is -2.16. The number of methoxy groups -OCH3 is 1. The van der Waals surface area contributed by atoms with Gasteiger partial charge in [-0.05, 0) is 42.8 Å². The van der Waals surface area contributed by atoms with Gasteiger partial charge in [0.25, 0.3) is 0 Å². The SMILES string of the molecule is CCC(Sc1nc2ccccc2c2nc3ccccc3n12)C(=O)Nc1cccc(OC)c1. The van der Waals surface area contributed by atoms with E-state index >= 15 is 0 Å². The summed E-state index contributed by atoms with van der Waals surface area (Å²) in [5, 5.41) is 4.43. The van der Waals surface area contributed by atoms with E-state index in [1.807, 2.05) is 79.7 Å². The number of imidazole rings is 1. The van der Waals surface area contributed by atoms with Gasteiger partial charge in [0.1, 0.15) is 11.4 Å². The van der Waals surface area contributed by atoms with Gasteiger partial charge >= 0.3 is 0 Å². The second kappa shape index (κ2) is 8.51. The van der Waals surface area contributed by atoms with Crippen LogP contribution in [-0.2, 0) is 4.79 Å². The minimum Gasteiger partial charge on any atom is -0.497 e. The maximum Gasteiger partial charge on any atom is 0.237 e. The number of para-hydroxylation sites is 3. The number of aromatic nitrogens is 3. The molecule has 5 rings (SSSR count). The van der Waals surface area contributed by atoms with E-state index in [0.29, 0.717) is 17.9 Å². The maximum absolute atomic E-state index is 13.1. The lowest BCUT2D eigenvalue weighted by atomic mass is 10.2. The zero-order valence-electron chi connectivity index (χ0n) is 17.8. The number of hydrogen-bond acceptors (Lipinski definition) is 5. The van der Waals surface area contributed by atoms with Crippen molar-refractivity contribution in [3.63, 3.8) is 0 Å². The lowest BCUT2D eigenvalue weighted by molar-refractivity contribution is -0.115. The van der Waals surface area contributed by atoms with E-state index in [2.05, 4.69) is 9.72 Å². The van der Waals surface area contributed by atoms with Crippen LogP contribution in [-0.4, -0.2) is 32.6 Å². The minimum absolute atomic E-state index is 0.0710. The summed E-state index contributed by atoms with van der Waals surface area (Å²) in [6, 6.07) is 23.4. The third kappa shape index (κ3) is 3.65. The molecule has 2 aromatic heterocycles. The summed E-state index contributed by atoms with van der Waals surface area (Å²) in [6.07, 6.45) is 0.656. The molecule has 0 aliphatic heterocycles. The Balaban J connectivity index is 1.56. The largest absolute Gasteiger partial charge is 0.497 e. The Bertz CT molecular complexity index is 1450. The second-order valence-corrected chi connectivity index (χ2v) is 8.58. The average Bonchev–Trinajstić information content (AvgIpc) is 3.22. The topological polar surface area (TPSA) is 68.5 Å². The molecule has 2 heterocycles. The smallest absolute Gasteiger partial charge is 0.237 e. The first-order valence-corrected chi connectivity index (χ1v) is 11.3. The van der Waals surface area contributed by atoms with Gasteiger partial charge in [-0.25, -0.2) is 9.97 Å². The zero-order valence-corrected chi connectivity index (χ0v) is 18.6. The maximum atomic E-state index is 13.1. The number of nitrogens with zero attached hydrogens (tertiary/aromatic N) is 3. The molecule has 1 amide bonds. The van der Waals surface area contributed by atoms with E-state index in [1.165, 1.54) is 11.8 Å². The molecule has 0 saturated carbocycles. The summed E-state index contributed by atoms with van der Waals surface area (Å²) in [5.74, 6) is 0.629. The van der Waals surface area contributed by atoms with Gasteiger partial charge < -0.3 is 10.1 Å². The number of thioether (sulfide) groups is 1. The van der Waals surface area contributed by atoms with E-state index in [4.69, 9.17) is 14.7 Å². The van der Waals surface area contributed by atoms with Crippen LogP contribution < -0.4 is 10.1 Å². The summed E-state index contributed by atoms with van der Waals surface area (Å²) in [4.78, 5) is 22.9. The predicted molar refractivity (Wildman–Crippen MR) is 130 cm³/mol. The van der Waals surface area contributed by atoms with Crippen molar-refractivity contribution < 1.29 is 9.53 Å². The number of ether oxygens (including phenoxy) is 1. The highest BCUT2D eigenvalue weighted by Gasteiger charge is 2.22.